The zero-order chi connectivity index (χ0) is 29.6. The molecule has 6 rings (SSSR count). The van der Waals surface area contributed by atoms with E-state index in [-0.39, 0.29) is 23.9 Å². The summed E-state index contributed by atoms with van der Waals surface area (Å²) in [6.07, 6.45) is 5.77. The summed E-state index contributed by atoms with van der Waals surface area (Å²) in [5.74, 6) is -0.0258. The third-order valence-electron chi connectivity index (χ3n) is 8.44. The van der Waals surface area contributed by atoms with Crippen molar-refractivity contribution in [3.8, 4) is 22.5 Å². The van der Waals surface area contributed by atoms with Gasteiger partial charge in [0.2, 0.25) is 10.0 Å². The fraction of sp³-hybridized carbons (Fsp3) is 0.312. The summed E-state index contributed by atoms with van der Waals surface area (Å²) in [6, 6.07) is 16.7. The van der Waals surface area contributed by atoms with E-state index in [2.05, 4.69) is 15.4 Å². The highest BCUT2D eigenvalue weighted by Crippen LogP contribution is 2.55. The van der Waals surface area contributed by atoms with Crippen molar-refractivity contribution in [3.05, 3.63) is 83.2 Å². The van der Waals surface area contributed by atoms with Crippen molar-refractivity contribution < 1.29 is 26.8 Å². The maximum Gasteiger partial charge on any atom is 0.255 e. The lowest BCUT2D eigenvalue weighted by Gasteiger charge is -2.16. The van der Waals surface area contributed by atoms with Gasteiger partial charge in [-0.2, -0.15) is 0 Å². The predicted octanol–water partition coefficient (Wildman–Crippen LogP) is 5.03. The maximum absolute atomic E-state index is 13.7. The van der Waals surface area contributed by atoms with Crippen LogP contribution in [0.1, 0.15) is 52.0 Å². The summed E-state index contributed by atoms with van der Waals surface area (Å²) < 4.78 is 45.9. The van der Waals surface area contributed by atoms with Gasteiger partial charge >= 0.3 is 0 Å². The third kappa shape index (κ3) is 5.44. The lowest BCUT2D eigenvalue weighted by Crippen LogP contribution is -2.36. The van der Waals surface area contributed by atoms with Crippen LogP contribution >= 0.6 is 0 Å². The van der Waals surface area contributed by atoms with Crippen LogP contribution in [0.2, 0.25) is 0 Å². The molecule has 0 bridgehead atoms. The van der Waals surface area contributed by atoms with E-state index in [1.165, 1.54) is 19.2 Å². The number of halogens is 1. The van der Waals surface area contributed by atoms with Gasteiger partial charge in [0.25, 0.3) is 11.8 Å². The van der Waals surface area contributed by atoms with E-state index in [4.69, 9.17) is 4.42 Å². The largest absolute Gasteiger partial charge is 0.455 e. The highest BCUT2D eigenvalue weighted by molar-refractivity contribution is 7.88. The lowest BCUT2D eigenvalue weighted by atomic mass is 9.93. The second kappa shape index (κ2) is 10.7. The van der Waals surface area contributed by atoms with E-state index in [1.54, 1.807) is 24.3 Å². The molecule has 2 saturated carbocycles. The molecule has 3 aromatic carbocycles. The number of sulfonamides is 1. The molecule has 4 aromatic rings. The van der Waals surface area contributed by atoms with Crippen LogP contribution in [0.15, 0.2) is 65.1 Å². The van der Waals surface area contributed by atoms with Gasteiger partial charge in [-0.3, -0.25) is 9.59 Å². The van der Waals surface area contributed by atoms with Crippen molar-refractivity contribution in [1.29, 1.82) is 0 Å². The third-order valence-corrected chi connectivity index (χ3v) is 9.17. The van der Waals surface area contributed by atoms with Gasteiger partial charge in [-0.15, -0.1) is 0 Å². The number of rotatable bonds is 9. The Morgan fingerprint density at radius 3 is 2.50 bits per heavy atom. The summed E-state index contributed by atoms with van der Waals surface area (Å²) >= 11 is 0. The maximum atomic E-state index is 13.7. The summed E-state index contributed by atoms with van der Waals surface area (Å²) in [4.78, 5) is 26.4. The Hall–Kier alpha value is -4.02. The number of furan rings is 1. The fourth-order valence-electron chi connectivity index (χ4n) is 6.26. The molecule has 10 heteroatoms. The van der Waals surface area contributed by atoms with Crippen LogP contribution in [0.4, 0.5) is 4.39 Å². The summed E-state index contributed by atoms with van der Waals surface area (Å²) in [5, 5.41) is 6.48. The summed E-state index contributed by atoms with van der Waals surface area (Å²) in [6.45, 7) is 0.148. The number of benzene rings is 3. The molecule has 2 aliphatic rings. The minimum atomic E-state index is -3.41. The van der Waals surface area contributed by atoms with Crippen molar-refractivity contribution in [3.63, 3.8) is 0 Å². The zero-order valence-electron chi connectivity index (χ0n) is 23.4. The van der Waals surface area contributed by atoms with Gasteiger partial charge in [-0.25, -0.2) is 17.5 Å². The molecular formula is C32H32FN3O5S. The molecule has 0 spiro atoms. The van der Waals surface area contributed by atoms with Gasteiger partial charge in [-0.05, 0) is 96.8 Å². The molecule has 2 unspecified atom stereocenters. The number of carbonyl (C=O) groups is 2. The standard InChI is InChI=1S/C32H32FN3O5S/c1-34-31(38)28-26-17-25(20-5-3-6-22(15-20)30(37)36-32-13-4-7-23(32)18-32)21(12-14-35-42(2,39)40)16-27(26)41-29(28)19-8-10-24(33)11-9-19/h3,5-6,8-11,15-17,23,35H,4,7,12-14,18H2,1-2H3,(H,34,38)(H,36,37). The Balaban J connectivity index is 1.45. The molecule has 218 valence electrons. The quantitative estimate of drug-likeness (QED) is 0.253. The predicted molar refractivity (Wildman–Crippen MR) is 159 cm³/mol. The second-order valence-corrected chi connectivity index (χ2v) is 13.1. The fourth-order valence-corrected chi connectivity index (χ4v) is 6.73. The molecule has 1 aromatic heterocycles. The highest BCUT2D eigenvalue weighted by atomic mass is 32.2. The van der Waals surface area contributed by atoms with E-state index in [9.17, 15) is 22.4 Å². The first-order chi connectivity index (χ1) is 20.1. The molecular weight excluding hydrogens is 557 g/mol. The molecule has 8 nitrogen and oxygen atoms in total. The molecule has 2 atom stereocenters. The average Bonchev–Trinajstić information content (AvgIpc) is 3.29. The van der Waals surface area contributed by atoms with Crippen LogP contribution in [-0.4, -0.2) is 45.6 Å². The molecule has 2 fully saturated rings. The summed E-state index contributed by atoms with van der Waals surface area (Å²) in [5.41, 5.74) is 4.01. The second-order valence-electron chi connectivity index (χ2n) is 11.3. The minimum absolute atomic E-state index is 0.0650. The molecule has 1 heterocycles. The first kappa shape index (κ1) is 28.1. The van der Waals surface area contributed by atoms with E-state index in [1.807, 2.05) is 24.3 Å². The first-order valence-corrected chi connectivity index (χ1v) is 15.9. The Bertz CT molecular complexity index is 1820. The Morgan fingerprint density at radius 1 is 1.05 bits per heavy atom. The van der Waals surface area contributed by atoms with Gasteiger partial charge < -0.3 is 15.1 Å². The Labute approximate surface area is 243 Å². The van der Waals surface area contributed by atoms with E-state index in [0.29, 0.717) is 45.8 Å². The van der Waals surface area contributed by atoms with Crippen molar-refractivity contribution in [2.45, 2.75) is 37.6 Å². The van der Waals surface area contributed by atoms with Gasteiger partial charge in [0.1, 0.15) is 17.2 Å². The van der Waals surface area contributed by atoms with Crippen molar-refractivity contribution in [2.24, 2.45) is 5.92 Å². The first-order valence-electron chi connectivity index (χ1n) is 14.0. The van der Waals surface area contributed by atoms with Crippen LogP contribution < -0.4 is 15.4 Å². The van der Waals surface area contributed by atoms with Crippen molar-refractivity contribution in [2.75, 3.05) is 19.8 Å². The molecule has 3 N–H and O–H groups in total. The minimum Gasteiger partial charge on any atom is -0.455 e. The molecule has 0 aliphatic heterocycles. The average molecular weight is 590 g/mol. The SMILES string of the molecule is CNC(=O)c1c(-c2ccc(F)cc2)oc2cc(CCNS(C)(=O)=O)c(-c3cccc(C(=O)NC45CCCC4C5)c3)cc12. The van der Waals surface area contributed by atoms with Crippen LogP contribution in [0, 0.1) is 11.7 Å². The number of carbonyl (C=O) groups excluding carboxylic acids is 2. The molecule has 2 aliphatic carbocycles. The van der Waals surface area contributed by atoms with Gasteiger partial charge in [0.05, 0.1) is 11.8 Å². The number of hydrogen-bond acceptors (Lipinski definition) is 5. The van der Waals surface area contributed by atoms with E-state index >= 15 is 0 Å². The highest BCUT2D eigenvalue weighted by Gasteiger charge is 2.57. The molecule has 0 radical (unpaired) electrons. The van der Waals surface area contributed by atoms with Crippen LogP contribution in [0.3, 0.4) is 0 Å². The van der Waals surface area contributed by atoms with Gasteiger partial charge in [0.15, 0.2) is 0 Å². The van der Waals surface area contributed by atoms with Gasteiger partial charge in [0, 0.05) is 35.6 Å². The Kier molecular flexibility index (Phi) is 7.14. The topological polar surface area (TPSA) is 118 Å². The normalized spacial score (nSPS) is 19.5. The van der Waals surface area contributed by atoms with Crippen LogP contribution in [0.5, 0.6) is 0 Å². The van der Waals surface area contributed by atoms with Crippen LogP contribution in [-0.2, 0) is 16.4 Å². The number of hydrogen-bond donors (Lipinski definition) is 3. The van der Waals surface area contributed by atoms with Crippen molar-refractivity contribution in [1.82, 2.24) is 15.4 Å². The van der Waals surface area contributed by atoms with E-state index in [0.717, 1.165) is 48.6 Å². The van der Waals surface area contributed by atoms with Crippen LogP contribution in [0.25, 0.3) is 33.4 Å². The monoisotopic (exact) mass is 589 g/mol. The smallest absolute Gasteiger partial charge is 0.255 e. The Morgan fingerprint density at radius 2 is 1.83 bits per heavy atom. The molecule has 0 saturated heterocycles. The molecule has 2 amide bonds. The lowest BCUT2D eigenvalue weighted by molar-refractivity contribution is 0.0927. The zero-order valence-corrected chi connectivity index (χ0v) is 24.2. The van der Waals surface area contributed by atoms with E-state index < -0.39 is 15.8 Å². The van der Waals surface area contributed by atoms with Crippen molar-refractivity contribution >= 4 is 32.8 Å². The number of nitrogens with one attached hydrogen (secondary N) is 3. The summed E-state index contributed by atoms with van der Waals surface area (Å²) in [7, 11) is -1.89. The number of amides is 2. The molecule has 42 heavy (non-hydrogen) atoms. The van der Waals surface area contributed by atoms with Gasteiger partial charge in [-0.1, -0.05) is 18.6 Å². The number of fused-ring (bicyclic) bond motifs is 2.